The lowest BCUT2D eigenvalue weighted by atomic mass is 10.1. The molecule has 0 atom stereocenters. The van der Waals surface area contributed by atoms with Crippen molar-refractivity contribution in [3.05, 3.63) is 30.0 Å². The fraction of sp³-hybridized carbons (Fsp3) is 0.286. The van der Waals surface area contributed by atoms with Gasteiger partial charge in [0.25, 0.3) is 0 Å². The molecule has 0 saturated carbocycles. The zero-order chi connectivity index (χ0) is 13.6. The van der Waals surface area contributed by atoms with E-state index in [0.717, 1.165) is 21.8 Å². The summed E-state index contributed by atoms with van der Waals surface area (Å²) in [5.74, 6) is 1.01. The van der Waals surface area contributed by atoms with E-state index in [1.165, 1.54) is 4.70 Å². The highest BCUT2D eigenvalue weighted by molar-refractivity contribution is 7.21. The Kier molecular flexibility index (Phi) is 2.78. The molecule has 0 spiro atoms. The molecule has 0 aliphatic carbocycles. The highest BCUT2D eigenvalue weighted by atomic mass is 32.1. The van der Waals surface area contributed by atoms with Gasteiger partial charge in [-0.15, -0.1) is 11.3 Å². The Labute approximate surface area is 115 Å². The highest BCUT2D eigenvalue weighted by Gasteiger charge is 2.21. The van der Waals surface area contributed by atoms with E-state index in [2.05, 4.69) is 30.0 Å². The van der Waals surface area contributed by atoms with Crippen molar-refractivity contribution in [1.82, 2.24) is 14.8 Å². The van der Waals surface area contributed by atoms with Gasteiger partial charge in [0.1, 0.15) is 10.8 Å². The van der Waals surface area contributed by atoms with Crippen LogP contribution in [0.5, 0.6) is 0 Å². The Hall–Kier alpha value is -1.88. The average molecular weight is 272 g/mol. The first kappa shape index (κ1) is 12.2. The molecule has 3 rings (SSSR count). The number of para-hydroxylation sites is 1. The third kappa shape index (κ3) is 1.90. The molecule has 2 aromatic heterocycles. The topological polar surface area (TPSA) is 56.7 Å². The van der Waals surface area contributed by atoms with Gasteiger partial charge in [-0.2, -0.15) is 5.10 Å². The van der Waals surface area contributed by atoms with Gasteiger partial charge in [0.05, 0.1) is 21.5 Å². The number of nitrogen functional groups attached to an aromatic ring is 1. The summed E-state index contributed by atoms with van der Waals surface area (Å²) in [6.07, 6.45) is 0. The van der Waals surface area contributed by atoms with Gasteiger partial charge in [0.2, 0.25) is 0 Å². The van der Waals surface area contributed by atoms with Crippen LogP contribution >= 0.6 is 11.3 Å². The fourth-order valence-electron chi connectivity index (χ4n) is 2.16. The van der Waals surface area contributed by atoms with E-state index < -0.39 is 0 Å². The van der Waals surface area contributed by atoms with Crippen LogP contribution in [0, 0.1) is 0 Å². The second-order valence-corrected chi connectivity index (χ2v) is 5.94. The van der Waals surface area contributed by atoms with E-state index in [4.69, 9.17) is 5.73 Å². The molecule has 3 aromatic rings. The molecule has 5 heteroatoms. The number of nitrogens with two attached hydrogens (primary N) is 1. The third-order valence-electron chi connectivity index (χ3n) is 3.17. The van der Waals surface area contributed by atoms with Gasteiger partial charge < -0.3 is 5.73 Å². The minimum atomic E-state index is 0.325. The maximum Gasteiger partial charge on any atom is 0.132 e. The number of hydrogen-bond acceptors (Lipinski definition) is 4. The van der Waals surface area contributed by atoms with Crippen LogP contribution in [-0.2, 0) is 7.05 Å². The summed E-state index contributed by atoms with van der Waals surface area (Å²) in [5, 5.41) is 5.47. The molecule has 19 heavy (non-hydrogen) atoms. The SMILES string of the molecule is CC(C)c1nn(C)c(N)c1-c1nc2ccccc2s1. The van der Waals surface area contributed by atoms with Crippen LogP contribution in [0.2, 0.25) is 0 Å². The lowest BCUT2D eigenvalue weighted by Crippen LogP contribution is -1.98. The molecule has 1 aromatic carbocycles. The molecule has 0 aliphatic heterocycles. The molecular weight excluding hydrogens is 256 g/mol. The van der Waals surface area contributed by atoms with E-state index in [1.807, 2.05) is 25.2 Å². The minimum Gasteiger partial charge on any atom is -0.383 e. The van der Waals surface area contributed by atoms with Crippen LogP contribution in [-0.4, -0.2) is 14.8 Å². The van der Waals surface area contributed by atoms with Crippen LogP contribution in [0.3, 0.4) is 0 Å². The van der Waals surface area contributed by atoms with Gasteiger partial charge in [-0.1, -0.05) is 26.0 Å². The van der Waals surface area contributed by atoms with Crippen LogP contribution < -0.4 is 5.73 Å². The van der Waals surface area contributed by atoms with Crippen molar-refractivity contribution >= 4 is 27.4 Å². The molecule has 0 unspecified atom stereocenters. The molecule has 98 valence electrons. The fourth-order valence-corrected chi connectivity index (χ4v) is 3.19. The van der Waals surface area contributed by atoms with E-state index in [9.17, 15) is 0 Å². The largest absolute Gasteiger partial charge is 0.383 e. The number of benzene rings is 1. The summed E-state index contributed by atoms with van der Waals surface area (Å²) in [5.41, 5.74) is 9.17. The first-order valence-electron chi connectivity index (χ1n) is 6.26. The van der Waals surface area contributed by atoms with Gasteiger partial charge in [-0.25, -0.2) is 4.98 Å². The minimum absolute atomic E-state index is 0.325. The van der Waals surface area contributed by atoms with Gasteiger partial charge in [0, 0.05) is 7.05 Å². The molecule has 0 bridgehead atoms. The van der Waals surface area contributed by atoms with E-state index in [0.29, 0.717) is 11.7 Å². The number of rotatable bonds is 2. The zero-order valence-corrected chi connectivity index (χ0v) is 12.0. The van der Waals surface area contributed by atoms with E-state index in [-0.39, 0.29) is 0 Å². The maximum atomic E-state index is 6.16. The quantitative estimate of drug-likeness (QED) is 0.778. The summed E-state index contributed by atoms with van der Waals surface area (Å²) in [7, 11) is 1.87. The second-order valence-electron chi connectivity index (χ2n) is 4.91. The summed E-state index contributed by atoms with van der Waals surface area (Å²) < 4.78 is 2.91. The van der Waals surface area contributed by atoms with Gasteiger partial charge in [-0.05, 0) is 18.1 Å². The van der Waals surface area contributed by atoms with Crippen molar-refractivity contribution in [2.24, 2.45) is 7.05 Å². The van der Waals surface area contributed by atoms with Crippen LogP contribution in [0.4, 0.5) is 5.82 Å². The summed E-state index contributed by atoms with van der Waals surface area (Å²) >= 11 is 1.66. The van der Waals surface area contributed by atoms with Crippen LogP contribution in [0.25, 0.3) is 20.8 Å². The average Bonchev–Trinajstić information content (AvgIpc) is 2.91. The van der Waals surface area contributed by atoms with Crippen LogP contribution in [0.15, 0.2) is 24.3 Å². The van der Waals surface area contributed by atoms with Crippen LogP contribution in [0.1, 0.15) is 25.5 Å². The van der Waals surface area contributed by atoms with Gasteiger partial charge in [0.15, 0.2) is 0 Å². The summed E-state index contributed by atoms with van der Waals surface area (Å²) in [6.45, 7) is 4.25. The molecule has 0 saturated heterocycles. The Balaban J connectivity index is 2.26. The van der Waals surface area contributed by atoms with Crippen molar-refractivity contribution in [2.45, 2.75) is 19.8 Å². The number of aryl methyl sites for hydroxylation is 1. The number of hydrogen-bond donors (Lipinski definition) is 1. The monoisotopic (exact) mass is 272 g/mol. The Morgan fingerprint density at radius 1 is 1.26 bits per heavy atom. The van der Waals surface area contributed by atoms with Crippen molar-refractivity contribution in [3.8, 4) is 10.6 Å². The van der Waals surface area contributed by atoms with Crippen molar-refractivity contribution < 1.29 is 0 Å². The molecule has 2 heterocycles. The number of fused-ring (bicyclic) bond motifs is 1. The Bertz CT molecular complexity index is 706. The molecule has 0 amide bonds. The molecule has 0 aliphatic rings. The lowest BCUT2D eigenvalue weighted by Gasteiger charge is -2.02. The number of thiazole rings is 1. The molecular formula is C14H16N4S. The normalized spacial score (nSPS) is 11.6. The predicted octanol–water partition coefficient (Wildman–Crippen LogP) is 3.40. The summed E-state index contributed by atoms with van der Waals surface area (Å²) in [6, 6.07) is 8.14. The van der Waals surface area contributed by atoms with Crippen molar-refractivity contribution in [1.29, 1.82) is 0 Å². The first-order valence-corrected chi connectivity index (χ1v) is 7.08. The van der Waals surface area contributed by atoms with Crippen molar-refractivity contribution in [2.75, 3.05) is 5.73 Å². The van der Waals surface area contributed by atoms with Crippen molar-refractivity contribution in [3.63, 3.8) is 0 Å². The number of anilines is 1. The zero-order valence-electron chi connectivity index (χ0n) is 11.2. The third-order valence-corrected chi connectivity index (χ3v) is 4.23. The molecule has 4 nitrogen and oxygen atoms in total. The van der Waals surface area contributed by atoms with E-state index >= 15 is 0 Å². The second kappa shape index (κ2) is 4.35. The smallest absolute Gasteiger partial charge is 0.132 e. The molecule has 0 radical (unpaired) electrons. The first-order chi connectivity index (χ1) is 9.08. The number of aromatic nitrogens is 3. The molecule has 0 fully saturated rings. The van der Waals surface area contributed by atoms with Gasteiger partial charge >= 0.3 is 0 Å². The lowest BCUT2D eigenvalue weighted by molar-refractivity contribution is 0.719. The highest BCUT2D eigenvalue weighted by Crippen LogP contribution is 2.37. The Morgan fingerprint density at radius 3 is 2.68 bits per heavy atom. The predicted molar refractivity (Wildman–Crippen MR) is 80.3 cm³/mol. The maximum absolute atomic E-state index is 6.16. The molecule has 2 N–H and O–H groups in total. The van der Waals surface area contributed by atoms with E-state index in [1.54, 1.807) is 16.0 Å². The summed E-state index contributed by atoms with van der Waals surface area (Å²) in [4.78, 5) is 4.69. The standard InChI is InChI=1S/C14H16N4S/c1-8(2)12-11(13(15)18(3)17-12)14-16-9-6-4-5-7-10(9)19-14/h4-8H,15H2,1-3H3. The van der Waals surface area contributed by atoms with Gasteiger partial charge in [-0.3, -0.25) is 4.68 Å². The number of nitrogens with zero attached hydrogens (tertiary/aromatic N) is 3. The Morgan fingerprint density at radius 2 is 2.00 bits per heavy atom.